The molecule has 0 aliphatic rings. The number of hydrogen-bond acceptors (Lipinski definition) is 2. The van der Waals surface area contributed by atoms with E-state index in [1.807, 2.05) is 0 Å². The van der Waals surface area contributed by atoms with E-state index in [0.29, 0.717) is 0 Å². The lowest BCUT2D eigenvalue weighted by Crippen LogP contribution is -2.20. The molecule has 0 radical (unpaired) electrons. The van der Waals surface area contributed by atoms with Crippen LogP contribution in [0.25, 0.3) is 0 Å². The molecular weight excluding hydrogens is 154 g/mol. The van der Waals surface area contributed by atoms with Crippen LogP contribution in [0.5, 0.6) is 0 Å². The van der Waals surface area contributed by atoms with Crippen LogP contribution in [-0.2, 0) is 0 Å². The van der Waals surface area contributed by atoms with E-state index >= 15 is 0 Å². The van der Waals surface area contributed by atoms with Gasteiger partial charge in [0.15, 0.2) is 5.78 Å². The molecule has 0 saturated carbocycles. The Morgan fingerprint density at radius 3 is 2.67 bits per heavy atom. The van der Waals surface area contributed by atoms with E-state index in [-0.39, 0.29) is 22.8 Å². The van der Waals surface area contributed by atoms with Crippen LogP contribution in [0.4, 0.5) is 0 Å². The van der Waals surface area contributed by atoms with E-state index < -0.39 is 0 Å². The molecule has 3 heteroatoms. The quantitative estimate of drug-likeness (QED) is 0.670. The number of pyridine rings is 1. The molecule has 0 aromatic carbocycles. The minimum Gasteiger partial charge on any atom is -0.328 e. The summed E-state index contributed by atoms with van der Waals surface area (Å²) in [7, 11) is 0. The van der Waals surface area contributed by atoms with Crippen molar-refractivity contribution in [2.45, 2.75) is 13.8 Å². The van der Waals surface area contributed by atoms with E-state index in [2.05, 4.69) is 4.98 Å². The molecule has 0 amide bonds. The highest BCUT2D eigenvalue weighted by atomic mass is 16.1. The van der Waals surface area contributed by atoms with Crippen molar-refractivity contribution in [1.29, 1.82) is 0 Å². The number of nitrogens with one attached hydrogen (secondary N) is 1. The largest absolute Gasteiger partial charge is 0.328 e. The van der Waals surface area contributed by atoms with Gasteiger partial charge in [-0.25, -0.2) is 0 Å². The second-order valence-corrected chi connectivity index (χ2v) is 2.93. The molecule has 1 rings (SSSR count). The van der Waals surface area contributed by atoms with Crippen molar-refractivity contribution >= 4 is 5.78 Å². The van der Waals surface area contributed by atoms with E-state index in [1.165, 1.54) is 6.20 Å². The number of H-pyrrole nitrogens is 1. The van der Waals surface area contributed by atoms with Crippen LogP contribution in [0.2, 0.25) is 0 Å². The predicted octanol–water partition coefficient (Wildman–Crippen LogP) is 1.21. The van der Waals surface area contributed by atoms with Crippen molar-refractivity contribution in [1.82, 2.24) is 4.98 Å². The van der Waals surface area contributed by atoms with Crippen LogP contribution in [0, 0.1) is 5.92 Å². The summed E-state index contributed by atoms with van der Waals surface area (Å²) in [5, 5.41) is 0. The van der Waals surface area contributed by atoms with Crippen molar-refractivity contribution < 1.29 is 4.79 Å². The standard InChI is InChI=1S/C9H11NO2/c1-6(2)8(11)7-4-3-5-10-9(7)12/h3-6H,1-2H3,(H,10,12). The van der Waals surface area contributed by atoms with Crippen LogP contribution in [0.1, 0.15) is 24.2 Å². The first-order chi connectivity index (χ1) is 5.63. The van der Waals surface area contributed by atoms with E-state index in [1.54, 1.807) is 26.0 Å². The maximum absolute atomic E-state index is 11.3. The van der Waals surface area contributed by atoms with Crippen molar-refractivity contribution in [3.05, 3.63) is 34.2 Å². The average Bonchev–Trinajstić information content (AvgIpc) is 2.04. The Balaban J connectivity index is 3.12. The summed E-state index contributed by atoms with van der Waals surface area (Å²) >= 11 is 0. The molecule has 1 aromatic heterocycles. The Bertz CT molecular complexity index is 338. The number of aromatic amines is 1. The van der Waals surface area contributed by atoms with Gasteiger partial charge in [0, 0.05) is 12.1 Å². The van der Waals surface area contributed by atoms with Gasteiger partial charge in [0.1, 0.15) is 0 Å². The highest BCUT2D eigenvalue weighted by Crippen LogP contribution is 2.01. The topological polar surface area (TPSA) is 49.9 Å². The van der Waals surface area contributed by atoms with E-state index in [0.717, 1.165) is 0 Å². The summed E-state index contributed by atoms with van der Waals surface area (Å²) in [5.41, 5.74) is -0.0660. The molecule has 1 N–H and O–H groups in total. The average molecular weight is 165 g/mol. The molecule has 1 aromatic rings. The van der Waals surface area contributed by atoms with Gasteiger partial charge in [-0.2, -0.15) is 0 Å². The van der Waals surface area contributed by atoms with Crippen molar-refractivity contribution in [3.8, 4) is 0 Å². The first-order valence-corrected chi connectivity index (χ1v) is 3.85. The summed E-state index contributed by atoms with van der Waals surface area (Å²) in [6, 6.07) is 3.19. The predicted molar refractivity (Wildman–Crippen MR) is 46.2 cm³/mol. The zero-order valence-corrected chi connectivity index (χ0v) is 7.13. The first-order valence-electron chi connectivity index (χ1n) is 3.85. The number of rotatable bonds is 2. The van der Waals surface area contributed by atoms with Crippen LogP contribution < -0.4 is 5.56 Å². The molecule has 0 aliphatic heterocycles. The third-order valence-corrected chi connectivity index (χ3v) is 1.61. The fourth-order valence-corrected chi connectivity index (χ4v) is 0.927. The van der Waals surface area contributed by atoms with Gasteiger partial charge in [-0.3, -0.25) is 9.59 Å². The molecule has 64 valence electrons. The maximum Gasteiger partial charge on any atom is 0.258 e. The molecule has 1 heterocycles. The Kier molecular flexibility index (Phi) is 2.43. The third-order valence-electron chi connectivity index (χ3n) is 1.61. The third kappa shape index (κ3) is 1.61. The molecule has 0 bridgehead atoms. The fraction of sp³-hybridized carbons (Fsp3) is 0.333. The lowest BCUT2D eigenvalue weighted by molar-refractivity contribution is 0.0938. The molecule has 12 heavy (non-hydrogen) atoms. The molecule has 0 saturated heterocycles. The minimum atomic E-state index is -0.309. The van der Waals surface area contributed by atoms with Gasteiger partial charge in [-0.15, -0.1) is 0 Å². The molecule has 0 fully saturated rings. The normalized spacial score (nSPS) is 10.2. The summed E-state index contributed by atoms with van der Waals surface area (Å²) < 4.78 is 0. The van der Waals surface area contributed by atoms with Gasteiger partial charge in [0.25, 0.3) is 5.56 Å². The first kappa shape index (κ1) is 8.71. The molecule has 0 unspecified atom stereocenters. The van der Waals surface area contributed by atoms with Gasteiger partial charge >= 0.3 is 0 Å². The number of aromatic nitrogens is 1. The summed E-state index contributed by atoms with van der Waals surface area (Å²) in [4.78, 5) is 24.9. The number of carbonyl (C=O) groups is 1. The Morgan fingerprint density at radius 2 is 2.17 bits per heavy atom. The van der Waals surface area contributed by atoms with Gasteiger partial charge in [-0.1, -0.05) is 13.8 Å². The maximum atomic E-state index is 11.3. The number of carbonyl (C=O) groups excluding carboxylic acids is 1. The lowest BCUT2D eigenvalue weighted by Gasteiger charge is -2.01. The van der Waals surface area contributed by atoms with Gasteiger partial charge in [0.2, 0.25) is 0 Å². The zero-order valence-electron chi connectivity index (χ0n) is 7.13. The zero-order chi connectivity index (χ0) is 9.14. The highest BCUT2D eigenvalue weighted by Gasteiger charge is 2.12. The Morgan fingerprint density at radius 1 is 1.50 bits per heavy atom. The molecule has 3 nitrogen and oxygen atoms in total. The Hall–Kier alpha value is -1.38. The minimum absolute atomic E-state index is 0.114. The van der Waals surface area contributed by atoms with Crippen LogP contribution in [-0.4, -0.2) is 10.8 Å². The highest BCUT2D eigenvalue weighted by molar-refractivity contribution is 5.96. The molecular formula is C9H11NO2. The molecule has 0 aliphatic carbocycles. The number of Topliss-reactive ketones (excluding diaryl/α,β-unsaturated/α-hetero) is 1. The van der Waals surface area contributed by atoms with Crippen LogP contribution >= 0.6 is 0 Å². The SMILES string of the molecule is CC(C)C(=O)c1ccc[nH]c1=O. The van der Waals surface area contributed by atoms with Gasteiger partial charge in [-0.05, 0) is 12.1 Å². The Labute approximate surface area is 70.4 Å². The van der Waals surface area contributed by atoms with Crippen molar-refractivity contribution in [3.63, 3.8) is 0 Å². The van der Waals surface area contributed by atoms with Crippen LogP contribution in [0.15, 0.2) is 23.1 Å². The van der Waals surface area contributed by atoms with Crippen molar-refractivity contribution in [2.24, 2.45) is 5.92 Å². The van der Waals surface area contributed by atoms with Gasteiger partial charge < -0.3 is 4.98 Å². The second-order valence-electron chi connectivity index (χ2n) is 2.93. The lowest BCUT2D eigenvalue weighted by atomic mass is 10.0. The summed E-state index contributed by atoms with van der Waals surface area (Å²) in [6.45, 7) is 3.55. The molecule has 0 atom stereocenters. The second kappa shape index (κ2) is 3.34. The number of ketones is 1. The number of hydrogen-bond donors (Lipinski definition) is 1. The van der Waals surface area contributed by atoms with E-state index in [4.69, 9.17) is 0 Å². The summed E-state index contributed by atoms with van der Waals surface area (Å²) in [6.07, 6.45) is 1.51. The monoisotopic (exact) mass is 165 g/mol. The smallest absolute Gasteiger partial charge is 0.258 e. The van der Waals surface area contributed by atoms with Crippen molar-refractivity contribution in [2.75, 3.05) is 0 Å². The fourth-order valence-electron chi connectivity index (χ4n) is 0.927. The molecule has 0 spiro atoms. The van der Waals surface area contributed by atoms with Crippen LogP contribution in [0.3, 0.4) is 0 Å². The summed E-state index contributed by atoms with van der Waals surface area (Å²) in [5.74, 6) is -0.245. The van der Waals surface area contributed by atoms with Gasteiger partial charge in [0.05, 0.1) is 5.56 Å². The van der Waals surface area contributed by atoms with E-state index in [9.17, 15) is 9.59 Å².